The van der Waals surface area contributed by atoms with Gasteiger partial charge in [0.15, 0.2) is 0 Å². The molecule has 0 bridgehead atoms. The SMILES string of the molecule is Cc1cc(N2CC(C(=O)O)C2)cc(C#N)n1. The van der Waals surface area contributed by atoms with Crippen LogP contribution in [0.25, 0.3) is 0 Å². The number of aliphatic carboxylic acids is 1. The van der Waals surface area contributed by atoms with E-state index in [1.54, 1.807) is 6.07 Å². The molecule has 1 aliphatic heterocycles. The van der Waals surface area contributed by atoms with E-state index in [9.17, 15) is 4.79 Å². The van der Waals surface area contributed by atoms with Gasteiger partial charge in [0, 0.05) is 24.5 Å². The molecule has 0 saturated carbocycles. The third kappa shape index (κ3) is 1.82. The normalized spacial score (nSPS) is 15.4. The molecule has 0 atom stereocenters. The fraction of sp³-hybridized carbons (Fsp3) is 0.364. The van der Waals surface area contributed by atoms with E-state index in [1.165, 1.54) is 0 Å². The summed E-state index contributed by atoms with van der Waals surface area (Å²) in [5.74, 6) is -1.05. The van der Waals surface area contributed by atoms with Crippen molar-refractivity contribution in [3.63, 3.8) is 0 Å². The van der Waals surface area contributed by atoms with Crippen molar-refractivity contribution in [1.29, 1.82) is 5.26 Å². The van der Waals surface area contributed by atoms with Crippen LogP contribution in [0.1, 0.15) is 11.4 Å². The lowest BCUT2D eigenvalue weighted by atomic mass is 9.99. The van der Waals surface area contributed by atoms with Crippen molar-refractivity contribution in [3.8, 4) is 6.07 Å². The molecular weight excluding hydrogens is 206 g/mol. The lowest BCUT2D eigenvalue weighted by Gasteiger charge is -2.38. The fourth-order valence-corrected chi connectivity index (χ4v) is 1.74. The van der Waals surface area contributed by atoms with Crippen LogP contribution in [0, 0.1) is 24.2 Å². The van der Waals surface area contributed by atoms with Crippen molar-refractivity contribution < 1.29 is 9.90 Å². The second kappa shape index (κ2) is 3.81. The van der Waals surface area contributed by atoms with Crippen LogP contribution in [-0.4, -0.2) is 29.1 Å². The maximum absolute atomic E-state index is 10.7. The van der Waals surface area contributed by atoms with Crippen LogP contribution in [-0.2, 0) is 4.79 Å². The van der Waals surface area contributed by atoms with Gasteiger partial charge < -0.3 is 10.0 Å². The summed E-state index contributed by atoms with van der Waals surface area (Å²) in [6, 6.07) is 5.54. The predicted molar refractivity (Wildman–Crippen MR) is 57.0 cm³/mol. The van der Waals surface area contributed by atoms with Gasteiger partial charge in [0.1, 0.15) is 11.8 Å². The summed E-state index contributed by atoms with van der Waals surface area (Å²) < 4.78 is 0. The molecule has 0 amide bonds. The van der Waals surface area contributed by atoms with E-state index in [0.717, 1.165) is 11.4 Å². The highest BCUT2D eigenvalue weighted by molar-refractivity contribution is 5.74. The molecule has 0 spiro atoms. The van der Waals surface area contributed by atoms with Crippen LogP contribution < -0.4 is 4.90 Å². The minimum atomic E-state index is -0.762. The Balaban J connectivity index is 2.15. The van der Waals surface area contributed by atoms with E-state index in [0.29, 0.717) is 18.8 Å². The first kappa shape index (κ1) is 10.4. The van der Waals surface area contributed by atoms with E-state index >= 15 is 0 Å². The summed E-state index contributed by atoms with van der Waals surface area (Å²) in [6.07, 6.45) is 0. The fourth-order valence-electron chi connectivity index (χ4n) is 1.74. The summed E-state index contributed by atoms with van der Waals surface area (Å²) in [5.41, 5.74) is 2.02. The topological polar surface area (TPSA) is 77.2 Å². The molecule has 1 fully saturated rings. The molecule has 1 aromatic rings. The van der Waals surface area contributed by atoms with Gasteiger partial charge in [0.2, 0.25) is 0 Å². The average Bonchev–Trinajstić information content (AvgIpc) is 2.13. The van der Waals surface area contributed by atoms with Crippen molar-refractivity contribution in [1.82, 2.24) is 4.98 Å². The van der Waals surface area contributed by atoms with Gasteiger partial charge in [-0.25, -0.2) is 4.98 Å². The Morgan fingerprint density at radius 2 is 2.31 bits per heavy atom. The standard InChI is InChI=1S/C11H11N3O2/c1-7-2-10(3-9(4-12)13-7)14-5-8(6-14)11(15)16/h2-3,8H,5-6H2,1H3,(H,15,16). The largest absolute Gasteiger partial charge is 0.481 e. The first-order valence-electron chi connectivity index (χ1n) is 4.96. The van der Waals surface area contributed by atoms with Crippen LogP contribution in [0.5, 0.6) is 0 Å². The van der Waals surface area contributed by atoms with E-state index in [-0.39, 0.29) is 5.92 Å². The van der Waals surface area contributed by atoms with E-state index < -0.39 is 5.97 Å². The van der Waals surface area contributed by atoms with Crippen molar-refractivity contribution in [3.05, 3.63) is 23.5 Å². The molecule has 1 aromatic heterocycles. The first-order chi connectivity index (χ1) is 7.60. The number of pyridine rings is 1. The van der Waals surface area contributed by atoms with Crippen LogP contribution in [0.2, 0.25) is 0 Å². The van der Waals surface area contributed by atoms with E-state index in [1.807, 2.05) is 24.0 Å². The minimum absolute atomic E-state index is 0.293. The summed E-state index contributed by atoms with van der Waals surface area (Å²) >= 11 is 0. The Bertz CT molecular complexity index is 473. The number of aromatic nitrogens is 1. The number of hydrogen-bond acceptors (Lipinski definition) is 4. The van der Waals surface area contributed by atoms with Crippen LogP contribution in [0.3, 0.4) is 0 Å². The van der Waals surface area contributed by atoms with Gasteiger partial charge in [0.05, 0.1) is 5.92 Å². The number of carboxylic acid groups (broad SMARTS) is 1. The smallest absolute Gasteiger partial charge is 0.310 e. The van der Waals surface area contributed by atoms with E-state index in [2.05, 4.69) is 4.98 Å². The highest BCUT2D eigenvalue weighted by Crippen LogP contribution is 2.25. The van der Waals surface area contributed by atoms with Gasteiger partial charge in [-0.1, -0.05) is 0 Å². The summed E-state index contributed by atoms with van der Waals surface area (Å²) in [4.78, 5) is 16.6. The Kier molecular flexibility index (Phi) is 2.49. The Morgan fingerprint density at radius 3 is 2.88 bits per heavy atom. The molecule has 2 heterocycles. The molecule has 82 valence electrons. The monoisotopic (exact) mass is 217 g/mol. The van der Waals surface area contributed by atoms with Crippen molar-refractivity contribution in [2.75, 3.05) is 18.0 Å². The molecule has 1 N–H and O–H groups in total. The molecule has 16 heavy (non-hydrogen) atoms. The predicted octanol–water partition coefficient (Wildman–Crippen LogP) is 0.782. The third-order valence-electron chi connectivity index (χ3n) is 2.65. The summed E-state index contributed by atoms with van der Waals surface area (Å²) in [5, 5.41) is 17.5. The van der Waals surface area contributed by atoms with Crippen molar-refractivity contribution in [2.24, 2.45) is 5.92 Å². The van der Waals surface area contributed by atoms with Crippen LogP contribution in [0.4, 0.5) is 5.69 Å². The van der Waals surface area contributed by atoms with Crippen LogP contribution in [0.15, 0.2) is 12.1 Å². The highest BCUT2D eigenvalue weighted by Gasteiger charge is 2.32. The number of hydrogen-bond donors (Lipinski definition) is 1. The van der Waals surface area contributed by atoms with Crippen molar-refractivity contribution in [2.45, 2.75) is 6.92 Å². The van der Waals surface area contributed by atoms with Crippen LogP contribution >= 0.6 is 0 Å². The van der Waals surface area contributed by atoms with Gasteiger partial charge in [-0.3, -0.25) is 4.79 Å². The molecular formula is C11H11N3O2. The number of anilines is 1. The number of rotatable bonds is 2. The van der Waals surface area contributed by atoms with Crippen molar-refractivity contribution >= 4 is 11.7 Å². The molecule has 5 nitrogen and oxygen atoms in total. The lowest BCUT2D eigenvalue weighted by Crippen LogP contribution is -2.50. The maximum Gasteiger partial charge on any atom is 0.310 e. The first-order valence-corrected chi connectivity index (χ1v) is 4.96. The molecule has 2 rings (SSSR count). The number of carbonyl (C=O) groups is 1. The zero-order chi connectivity index (χ0) is 11.7. The Hall–Kier alpha value is -2.09. The van der Waals surface area contributed by atoms with Gasteiger partial charge >= 0.3 is 5.97 Å². The molecule has 1 aliphatic rings. The number of carboxylic acids is 1. The quantitative estimate of drug-likeness (QED) is 0.792. The van der Waals surface area contributed by atoms with Gasteiger partial charge in [-0.05, 0) is 19.1 Å². The lowest BCUT2D eigenvalue weighted by molar-refractivity contribution is -0.142. The van der Waals surface area contributed by atoms with Gasteiger partial charge in [-0.2, -0.15) is 5.26 Å². The molecule has 0 radical (unpaired) electrons. The molecule has 5 heteroatoms. The molecule has 0 aliphatic carbocycles. The maximum atomic E-state index is 10.7. The minimum Gasteiger partial charge on any atom is -0.481 e. The Morgan fingerprint density at radius 1 is 1.62 bits per heavy atom. The van der Waals surface area contributed by atoms with E-state index in [4.69, 9.17) is 10.4 Å². The number of nitrogens with zero attached hydrogens (tertiary/aromatic N) is 3. The zero-order valence-corrected chi connectivity index (χ0v) is 8.84. The molecule has 0 aromatic carbocycles. The highest BCUT2D eigenvalue weighted by atomic mass is 16.4. The number of nitriles is 1. The summed E-state index contributed by atoms with van der Waals surface area (Å²) in [7, 11) is 0. The van der Waals surface area contributed by atoms with Gasteiger partial charge in [0.25, 0.3) is 0 Å². The Labute approximate surface area is 92.9 Å². The average molecular weight is 217 g/mol. The molecule has 0 unspecified atom stereocenters. The zero-order valence-electron chi connectivity index (χ0n) is 8.84. The molecule has 1 saturated heterocycles. The second-order valence-electron chi connectivity index (χ2n) is 3.90. The summed E-state index contributed by atoms with van der Waals surface area (Å²) in [6.45, 7) is 2.83. The van der Waals surface area contributed by atoms with Gasteiger partial charge in [-0.15, -0.1) is 0 Å². The second-order valence-corrected chi connectivity index (χ2v) is 3.90. The number of aryl methyl sites for hydroxylation is 1. The third-order valence-corrected chi connectivity index (χ3v) is 2.65.